The van der Waals surface area contributed by atoms with Crippen LogP contribution in [-0.4, -0.2) is 46.1 Å². The van der Waals surface area contributed by atoms with Gasteiger partial charge in [-0.2, -0.15) is 0 Å². The second-order valence-electron chi connectivity index (χ2n) is 9.48. The van der Waals surface area contributed by atoms with Crippen molar-refractivity contribution in [2.45, 2.75) is 57.5 Å². The molecule has 0 saturated heterocycles. The van der Waals surface area contributed by atoms with Crippen molar-refractivity contribution in [3.63, 3.8) is 0 Å². The average Bonchev–Trinajstić information content (AvgIpc) is 3.31. The Kier molecular flexibility index (Phi) is 9.34. The van der Waals surface area contributed by atoms with E-state index < -0.39 is 34.0 Å². The molecule has 4 rings (SSSR count). The summed E-state index contributed by atoms with van der Waals surface area (Å²) in [6.07, 6.45) is 2.27. The number of sulfonamides is 1. The van der Waals surface area contributed by atoms with Crippen LogP contribution in [-0.2, 0) is 37.1 Å². The van der Waals surface area contributed by atoms with Gasteiger partial charge < -0.3 is 19.5 Å². The second kappa shape index (κ2) is 12.7. The van der Waals surface area contributed by atoms with Gasteiger partial charge in [-0.05, 0) is 94.0 Å². The molecule has 0 unspecified atom stereocenters. The molecule has 1 aliphatic rings. The van der Waals surface area contributed by atoms with Crippen LogP contribution in [0.25, 0.3) is 0 Å². The molecule has 2 aromatic carbocycles. The molecule has 0 bridgehead atoms. The molecule has 0 fully saturated rings. The Hall–Kier alpha value is -3.90. The summed E-state index contributed by atoms with van der Waals surface area (Å²) < 4.78 is 44.2. The zero-order valence-corrected chi connectivity index (χ0v) is 24.9. The summed E-state index contributed by atoms with van der Waals surface area (Å²) in [5.74, 6) is -1.40. The van der Waals surface area contributed by atoms with Gasteiger partial charge in [-0.25, -0.2) is 18.0 Å². The van der Waals surface area contributed by atoms with Crippen molar-refractivity contribution in [2.75, 3.05) is 23.8 Å². The fourth-order valence-electron chi connectivity index (χ4n) is 4.43. The lowest BCUT2D eigenvalue weighted by molar-refractivity contribution is -0.123. The van der Waals surface area contributed by atoms with E-state index in [1.54, 1.807) is 38.1 Å². The first-order valence-electron chi connectivity index (χ1n) is 13.1. The molecule has 0 radical (unpaired) electrons. The largest absolute Gasteiger partial charge is 0.497 e. The average molecular weight is 601 g/mol. The molecule has 2 N–H and O–H groups in total. The van der Waals surface area contributed by atoms with Crippen LogP contribution in [0.3, 0.4) is 0 Å². The van der Waals surface area contributed by atoms with Gasteiger partial charge in [-0.15, -0.1) is 11.3 Å². The molecule has 0 spiro atoms. The maximum absolute atomic E-state index is 13.1. The quantitative estimate of drug-likeness (QED) is 0.307. The normalized spacial score (nSPS) is 13.5. The van der Waals surface area contributed by atoms with Crippen LogP contribution in [0, 0.1) is 6.92 Å². The van der Waals surface area contributed by atoms with E-state index in [4.69, 9.17) is 14.2 Å². The Balaban J connectivity index is 1.49. The van der Waals surface area contributed by atoms with Crippen molar-refractivity contribution in [1.29, 1.82) is 0 Å². The number of aryl methyl sites for hydroxylation is 2. The van der Waals surface area contributed by atoms with Crippen molar-refractivity contribution in [3.05, 3.63) is 69.6 Å². The van der Waals surface area contributed by atoms with Gasteiger partial charge in [0.2, 0.25) is 0 Å². The minimum atomic E-state index is -4.03. The number of carbonyl (C=O) groups is 3. The molecule has 3 aromatic rings. The van der Waals surface area contributed by atoms with Crippen molar-refractivity contribution >= 4 is 49.9 Å². The van der Waals surface area contributed by atoms with E-state index in [1.165, 1.54) is 43.6 Å². The minimum Gasteiger partial charge on any atom is -0.497 e. The summed E-state index contributed by atoms with van der Waals surface area (Å²) in [4.78, 5) is 39.7. The van der Waals surface area contributed by atoms with E-state index in [9.17, 15) is 22.8 Å². The number of ether oxygens (including phenoxy) is 3. The molecule has 1 aliphatic carbocycles. The number of hydrogen-bond acceptors (Lipinski definition) is 9. The van der Waals surface area contributed by atoms with E-state index in [0.29, 0.717) is 27.6 Å². The highest BCUT2D eigenvalue weighted by Crippen LogP contribution is 2.38. The Bertz CT molecular complexity index is 1560. The highest BCUT2D eigenvalue weighted by Gasteiger charge is 2.29. The van der Waals surface area contributed by atoms with E-state index in [1.807, 2.05) is 0 Å². The molecule has 1 aromatic heterocycles. The maximum atomic E-state index is 13.1. The van der Waals surface area contributed by atoms with Gasteiger partial charge in [0, 0.05) is 10.6 Å². The van der Waals surface area contributed by atoms with Gasteiger partial charge in [0.05, 0.1) is 29.7 Å². The first kappa shape index (κ1) is 30.1. The number of anilines is 2. The van der Waals surface area contributed by atoms with Crippen LogP contribution in [0.2, 0.25) is 0 Å². The highest BCUT2D eigenvalue weighted by atomic mass is 32.2. The SMILES string of the molecule is CCOC(=O)c1c(NC(=O)[C@@H](C)OC(=O)c2cc(S(=O)(=O)Nc3ccc(OC)cc3)ccc2C)sc2c1CCCC2. The van der Waals surface area contributed by atoms with Crippen LogP contribution >= 0.6 is 11.3 Å². The zero-order chi connectivity index (χ0) is 29.7. The number of amides is 1. The molecular formula is C29H32N2O8S2. The lowest BCUT2D eigenvalue weighted by atomic mass is 9.95. The molecule has 10 nitrogen and oxygen atoms in total. The summed E-state index contributed by atoms with van der Waals surface area (Å²) in [6, 6.07) is 10.4. The lowest BCUT2D eigenvalue weighted by Crippen LogP contribution is -2.30. The standard InChI is InChI=1S/C29H32N2O8S2/c1-5-38-29(34)25-22-8-6-7-9-24(22)40-27(25)30-26(32)18(3)39-28(33)23-16-21(15-10-17(23)2)41(35,36)31-19-11-13-20(37-4)14-12-19/h10-16,18,31H,5-9H2,1-4H3,(H,30,32)/t18-/m1/s1. The molecule has 1 heterocycles. The number of rotatable bonds is 10. The van der Waals surface area contributed by atoms with Crippen molar-refractivity contribution in [1.82, 2.24) is 0 Å². The second-order valence-corrected chi connectivity index (χ2v) is 12.3. The molecule has 0 saturated carbocycles. The van der Waals surface area contributed by atoms with Crippen molar-refractivity contribution < 1.29 is 37.0 Å². The van der Waals surface area contributed by atoms with Crippen LogP contribution in [0.15, 0.2) is 47.4 Å². The van der Waals surface area contributed by atoms with E-state index in [-0.39, 0.29) is 17.1 Å². The Morgan fingerprint density at radius 2 is 1.73 bits per heavy atom. The summed E-state index contributed by atoms with van der Waals surface area (Å²) in [5, 5.41) is 3.11. The number of thiophene rings is 1. The fraction of sp³-hybridized carbons (Fsp3) is 0.345. The Morgan fingerprint density at radius 3 is 2.41 bits per heavy atom. The number of esters is 2. The van der Waals surface area contributed by atoms with Crippen molar-refractivity contribution in [3.8, 4) is 5.75 Å². The molecule has 1 amide bonds. The van der Waals surface area contributed by atoms with Crippen LogP contribution in [0.1, 0.15) is 63.4 Å². The summed E-state index contributed by atoms with van der Waals surface area (Å²) in [7, 11) is -2.52. The molecule has 41 heavy (non-hydrogen) atoms. The molecule has 1 atom stereocenters. The van der Waals surface area contributed by atoms with Gasteiger partial charge >= 0.3 is 11.9 Å². The maximum Gasteiger partial charge on any atom is 0.341 e. The fourth-order valence-corrected chi connectivity index (χ4v) is 6.79. The molecule has 218 valence electrons. The minimum absolute atomic E-state index is 0.000978. The number of hydrogen-bond donors (Lipinski definition) is 2. The Morgan fingerprint density at radius 1 is 1.02 bits per heavy atom. The summed E-state index contributed by atoms with van der Waals surface area (Å²) in [5.41, 5.74) is 2.05. The monoisotopic (exact) mass is 600 g/mol. The number of carbonyl (C=O) groups excluding carboxylic acids is 3. The topological polar surface area (TPSA) is 137 Å². The predicted octanol–water partition coefficient (Wildman–Crippen LogP) is 5.11. The smallest absolute Gasteiger partial charge is 0.341 e. The van der Waals surface area contributed by atoms with Gasteiger partial charge in [0.15, 0.2) is 6.10 Å². The summed E-state index contributed by atoms with van der Waals surface area (Å²) in [6.45, 7) is 4.96. The number of nitrogens with one attached hydrogen (secondary N) is 2. The molecule has 12 heteroatoms. The van der Waals surface area contributed by atoms with Crippen molar-refractivity contribution in [2.24, 2.45) is 0 Å². The van der Waals surface area contributed by atoms with Crippen LogP contribution in [0.4, 0.5) is 10.7 Å². The third-order valence-corrected chi connectivity index (χ3v) is 9.21. The van der Waals surface area contributed by atoms with Crippen LogP contribution < -0.4 is 14.8 Å². The first-order chi connectivity index (χ1) is 19.5. The number of fused-ring (bicyclic) bond motifs is 1. The number of benzene rings is 2. The zero-order valence-electron chi connectivity index (χ0n) is 23.2. The third-order valence-electron chi connectivity index (χ3n) is 6.62. The van der Waals surface area contributed by atoms with Gasteiger partial charge in [0.1, 0.15) is 10.8 Å². The number of methoxy groups -OCH3 is 1. The van der Waals surface area contributed by atoms with E-state index in [0.717, 1.165) is 36.1 Å². The van der Waals surface area contributed by atoms with Gasteiger partial charge in [-0.1, -0.05) is 6.07 Å². The molecule has 0 aliphatic heterocycles. The molecular weight excluding hydrogens is 568 g/mol. The Labute approximate surface area is 243 Å². The van der Waals surface area contributed by atoms with Gasteiger partial charge in [0.25, 0.3) is 15.9 Å². The van der Waals surface area contributed by atoms with E-state index >= 15 is 0 Å². The third kappa shape index (κ3) is 6.88. The highest BCUT2D eigenvalue weighted by molar-refractivity contribution is 7.92. The predicted molar refractivity (Wildman–Crippen MR) is 155 cm³/mol. The van der Waals surface area contributed by atoms with Gasteiger partial charge in [-0.3, -0.25) is 9.52 Å². The lowest BCUT2D eigenvalue weighted by Gasteiger charge is -2.16. The van der Waals surface area contributed by atoms with Crippen LogP contribution in [0.5, 0.6) is 5.75 Å². The summed E-state index contributed by atoms with van der Waals surface area (Å²) >= 11 is 1.33. The van der Waals surface area contributed by atoms with E-state index in [2.05, 4.69) is 10.0 Å². The first-order valence-corrected chi connectivity index (χ1v) is 15.4.